The monoisotopic (exact) mass is 334 g/mol. The number of amides is 2. The first-order chi connectivity index (χ1) is 11.1. The number of rotatable bonds is 4. The van der Waals surface area contributed by atoms with E-state index in [1.54, 1.807) is 16.0 Å². The van der Waals surface area contributed by atoms with Gasteiger partial charge in [-0.2, -0.15) is 16.4 Å². The van der Waals surface area contributed by atoms with Crippen molar-refractivity contribution in [1.29, 1.82) is 0 Å². The Balaban J connectivity index is 1.51. The van der Waals surface area contributed by atoms with Crippen LogP contribution in [0.25, 0.3) is 0 Å². The molecule has 2 aromatic heterocycles. The molecule has 0 saturated carbocycles. The third-order valence-electron chi connectivity index (χ3n) is 3.91. The first kappa shape index (κ1) is 16.0. The van der Waals surface area contributed by atoms with Crippen molar-refractivity contribution >= 4 is 17.4 Å². The number of nitrogens with zero attached hydrogens (tertiary/aromatic N) is 3. The van der Waals surface area contributed by atoms with Gasteiger partial charge in [-0.3, -0.25) is 4.68 Å². The van der Waals surface area contributed by atoms with E-state index in [1.807, 2.05) is 36.6 Å². The Morgan fingerprint density at radius 3 is 3.09 bits per heavy atom. The van der Waals surface area contributed by atoms with E-state index >= 15 is 0 Å². The summed E-state index contributed by atoms with van der Waals surface area (Å²) in [6.45, 7) is 3.84. The van der Waals surface area contributed by atoms with Gasteiger partial charge < -0.3 is 15.0 Å². The van der Waals surface area contributed by atoms with Crippen molar-refractivity contribution in [3.63, 3.8) is 0 Å². The lowest BCUT2D eigenvalue weighted by atomic mass is 10.1. The molecule has 0 spiro atoms. The average molecular weight is 334 g/mol. The molecule has 23 heavy (non-hydrogen) atoms. The average Bonchev–Trinajstić information content (AvgIpc) is 3.18. The van der Waals surface area contributed by atoms with Crippen LogP contribution >= 0.6 is 11.3 Å². The molecule has 0 aliphatic carbocycles. The number of thiophene rings is 1. The van der Waals surface area contributed by atoms with E-state index < -0.39 is 0 Å². The van der Waals surface area contributed by atoms with Gasteiger partial charge >= 0.3 is 6.03 Å². The fraction of sp³-hybridized carbons (Fsp3) is 0.500. The second-order valence-corrected chi connectivity index (χ2v) is 6.68. The van der Waals surface area contributed by atoms with Gasteiger partial charge in [0.25, 0.3) is 0 Å². The second kappa shape index (κ2) is 7.14. The van der Waals surface area contributed by atoms with Crippen LogP contribution in [0.15, 0.2) is 29.2 Å². The Morgan fingerprint density at radius 1 is 1.52 bits per heavy atom. The van der Waals surface area contributed by atoms with Gasteiger partial charge in [0, 0.05) is 26.3 Å². The van der Waals surface area contributed by atoms with Gasteiger partial charge in [-0.1, -0.05) is 0 Å². The van der Waals surface area contributed by atoms with Crippen LogP contribution < -0.4 is 5.32 Å². The lowest BCUT2D eigenvalue weighted by Crippen LogP contribution is -2.50. The number of aromatic nitrogens is 2. The molecule has 7 heteroatoms. The van der Waals surface area contributed by atoms with Crippen molar-refractivity contribution < 1.29 is 9.53 Å². The minimum atomic E-state index is -0.0333. The molecule has 124 valence electrons. The third-order valence-corrected chi connectivity index (χ3v) is 4.61. The first-order valence-electron chi connectivity index (χ1n) is 7.79. The Labute approximate surface area is 140 Å². The zero-order valence-corrected chi connectivity index (χ0v) is 14.3. The summed E-state index contributed by atoms with van der Waals surface area (Å²) in [4.78, 5) is 14.2. The van der Waals surface area contributed by atoms with E-state index in [4.69, 9.17) is 4.74 Å². The van der Waals surface area contributed by atoms with Crippen molar-refractivity contribution in [3.05, 3.63) is 40.3 Å². The van der Waals surface area contributed by atoms with Crippen LogP contribution in [0.3, 0.4) is 0 Å². The maximum Gasteiger partial charge on any atom is 0.317 e. The number of ether oxygens (including phenoxy) is 1. The van der Waals surface area contributed by atoms with Crippen molar-refractivity contribution in [1.82, 2.24) is 20.0 Å². The van der Waals surface area contributed by atoms with E-state index in [2.05, 4.69) is 21.9 Å². The van der Waals surface area contributed by atoms with E-state index in [-0.39, 0.29) is 18.2 Å². The number of morpholine rings is 1. The summed E-state index contributed by atoms with van der Waals surface area (Å²) in [7, 11) is 1.89. The van der Waals surface area contributed by atoms with Crippen LogP contribution in [0.2, 0.25) is 0 Å². The Morgan fingerprint density at radius 2 is 2.39 bits per heavy atom. The van der Waals surface area contributed by atoms with Crippen LogP contribution in [-0.2, 0) is 18.2 Å². The molecule has 2 atom stereocenters. The molecule has 2 amide bonds. The molecule has 2 unspecified atom stereocenters. The lowest BCUT2D eigenvalue weighted by Gasteiger charge is -2.36. The number of hydrogen-bond donors (Lipinski definition) is 1. The van der Waals surface area contributed by atoms with E-state index in [0.717, 1.165) is 17.5 Å². The molecule has 6 nitrogen and oxygen atoms in total. The highest BCUT2D eigenvalue weighted by atomic mass is 32.1. The zero-order chi connectivity index (χ0) is 16.2. The molecule has 3 rings (SSSR count). The molecule has 1 aliphatic rings. The molecule has 3 heterocycles. The number of aryl methyl sites for hydroxylation is 1. The van der Waals surface area contributed by atoms with Gasteiger partial charge in [0.15, 0.2) is 0 Å². The highest BCUT2D eigenvalue weighted by Gasteiger charge is 2.29. The molecule has 2 aromatic rings. The van der Waals surface area contributed by atoms with Crippen molar-refractivity contribution in [2.75, 3.05) is 19.6 Å². The Hall–Kier alpha value is -1.86. The number of carbonyl (C=O) groups is 1. The number of hydrogen-bond acceptors (Lipinski definition) is 4. The molecule has 1 fully saturated rings. The minimum Gasteiger partial charge on any atom is -0.367 e. The van der Waals surface area contributed by atoms with Crippen LogP contribution in [0, 0.1) is 0 Å². The van der Waals surface area contributed by atoms with Crippen molar-refractivity contribution in [2.24, 2.45) is 7.05 Å². The van der Waals surface area contributed by atoms with Gasteiger partial charge in [0.1, 0.15) is 6.10 Å². The Kier molecular flexibility index (Phi) is 4.97. The predicted molar refractivity (Wildman–Crippen MR) is 89.5 cm³/mol. The molecule has 0 aromatic carbocycles. The highest BCUT2D eigenvalue weighted by Crippen LogP contribution is 2.26. The molecule has 0 bridgehead atoms. The van der Waals surface area contributed by atoms with Crippen molar-refractivity contribution in [3.8, 4) is 0 Å². The molecule has 1 saturated heterocycles. The van der Waals surface area contributed by atoms with Gasteiger partial charge in [-0.05, 0) is 41.3 Å². The van der Waals surface area contributed by atoms with Crippen LogP contribution in [-0.4, -0.2) is 46.4 Å². The van der Waals surface area contributed by atoms with E-state index in [1.165, 1.54) is 0 Å². The van der Waals surface area contributed by atoms with Crippen molar-refractivity contribution in [2.45, 2.75) is 25.6 Å². The highest BCUT2D eigenvalue weighted by molar-refractivity contribution is 7.07. The molecule has 1 aliphatic heterocycles. The fourth-order valence-corrected chi connectivity index (χ4v) is 3.49. The predicted octanol–water partition coefficient (Wildman–Crippen LogP) is 2.20. The maximum atomic E-state index is 12.4. The lowest BCUT2D eigenvalue weighted by molar-refractivity contribution is -0.0654. The summed E-state index contributed by atoms with van der Waals surface area (Å²) >= 11 is 1.65. The summed E-state index contributed by atoms with van der Waals surface area (Å²) in [5, 5.41) is 11.2. The van der Waals surface area contributed by atoms with E-state index in [0.29, 0.717) is 19.6 Å². The number of urea groups is 1. The summed E-state index contributed by atoms with van der Waals surface area (Å²) in [6.07, 6.45) is 4.59. The number of carbonyl (C=O) groups excluding carboxylic acids is 1. The van der Waals surface area contributed by atoms with Crippen LogP contribution in [0.1, 0.15) is 24.2 Å². The second-order valence-electron chi connectivity index (χ2n) is 5.90. The standard InChI is InChI=1S/C16H22N4O2S/c1-12-8-20(10-15(22-12)14-4-6-23-11-14)16(21)17-5-3-13-7-18-19(2)9-13/h4,6-7,9,11-12,15H,3,5,8,10H2,1-2H3,(H,17,21). The largest absolute Gasteiger partial charge is 0.367 e. The van der Waals surface area contributed by atoms with Gasteiger partial charge in [0.2, 0.25) is 0 Å². The topological polar surface area (TPSA) is 59.4 Å². The first-order valence-corrected chi connectivity index (χ1v) is 8.74. The van der Waals surface area contributed by atoms with Gasteiger partial charge in [-0.25, -0.2) is 4.79 Å². The summed E-state index contributed by atoms with van der Waals surface area (Å²) in [6, 6.07) is 2.04. The van der Waals surface area contributed by atoms with Crippen LogP contribution in [0.5, 0.6) is 0 Å². The van der Waals surface area contributed by atoms with E-state index in [9.17, 15) is 4.79 Å². The third kappa shape index (κ3) is 4.11. The van der Waals surface area contributed by atoms with Gasteiger partial charge in [-0.15, -0.1) is 0 Å². The molecular formula is C16H22N4O2S. The maximum absolute atomic E-state index is 12.4. The normalized spacial score (nSPS) is 21.4. The SMILES string of the molecule is CC1CN(C(=O)NCCc2cnn(C)c2)CC(c2ccsc2)O1. The smallest absolute Gasteiger partial charge is 0.317 e. The Bertz CT molecular complexity index is 640. The minimum absolute atomic E-state index is 0.0238. The summed E-state index contributed by atoms with van der Waals surface area (Å²) in [5.41, 5.74) is 2.27. The molecular weight excluding hydrogens is 312 g/mol. The van der Waals surface area contributed by atoms with Crippen LogP contribution in [0.4, 0.5) is 4.79 Å². The quantitative estimate of drug-likeness (QED) is 0.932. The molecule has 0 radical (unpaired) electrons. The number of nitrogens with one attached hydrogen (secondary N) is 1. The zero-order valence-electron chi connectivity index (χ0n) is 13.4. The summed E-state index contributed by atoms with van der Waals surface area (Å²) < 4.78 is 7.73. The molecule has 1 N–H and O–H groups in total. The van der Waals surface area contributed by atoms with Gasteiger partial charge in [0.05, 0.1) is 18.8 Å². The fourth-order valence-electron chi connectivity index (χ4n) is 2.79. The summed E-state index contributed by atoms with van der Waals surface area (Å²) in [5.74, 6) is 0.